The van der Waals surface area contributed by atoms with Crippen molar-refractivity contribution < 1.29 is 14.3 Å². The maximum absolute atomic E-state index is 12.2. The van der Waals surface area contributed by atoms with Crippen molar-refractivity contribution in [2.45, 2.75) is 6.42 Å². The highest BCUT2D eigenvalue weighted by atomic mass is 16.5. The summed E-state index contributed by atoms with van der Waals surface area (Å²) in [4.78, 5) is 17.9. The maximum atomic E-state index is 12.2. The van der Waals surface area contributed by atoms with E-state index in [9.17, 15) is 4.79 Å². The van der Waals surface area contributed by atoms with E-state index >= 15 is 0 Å². The lowest BCUT2D eigenvalue weighted by atomic mass is 10.1. The van der Waals surface area contributed by atoms with Crippen LogP contribution in [0.2, 0.25) is 0 Å². The lowest BCUT2D eigenvalue weighted by molar-refractivity contribution is -0.124. The van der Waals surface area contributed by atoms with Crippen molar-refractivity contribution in [2.24, 2.45) is 0 Å². The Labute approximate surface area is 142 Å². The maximum Gasteiger partial charge on any atom is 0.246 e. The molecule has 0 aliphatic heterocycles. The van der Waals surface area contributed by atoms with Crippen LogP contribution in [0.15, 0.2) is 48.8 Å². The van der Waals surface area contributed by atoms with Crippen LogP contribution >= 0.6 is 0 Å². The Bertz CT molecular complexity index is 699. The molecule has 1 heterocycles. The summed E-state index contributed by atoms with van der Waals surface area (Å²) in [6.45, 7) is 0.583. The number of benzene rings is 1. The highest BCUT2D eigenvalue weighted by Crippen LogP contribution is 2.30. The van der Waals surface area contributed by atoms with Gasteiger partial charge in [-0.15, -0.1) is 0 Å². The molecule has 2 aromatic rings. The fraction of sp³-hybridized carbons (Fsp3) is 0.263. The number of nitrogens with zero attached hydrogens (tertiary/aromatic N) is 2. The van der Waals surface area contributed by atoms with E-state index in [-0.39, 0.29) is 5.91 Å². The van der Waals surface area contributed by atoms with Crippen molar-refractivity contribution in [2.75, 3.05) is 27.8 Å². The molecule has 5 heteroatoms. The van der Waals surface area contributed by atoms with Gasteiger partial charge in [-0.05, 0) is 35.8 Å². The summed E-state index contributed by atoms with van der Waals surface area (Å²) in [5.41, 5.74) is 1.90. The van der Waals surface area contributed by atoms with Gasteiger partial charge in [-0.2, -0.15) is 0 Å². The Morgan fingerprint density at radius 3 is 2.71 bits per heavy atom. The number of amides is 1. The first-order chi connectivity index (χ1) is 11.7. The molecular weight excluding hydrogens is 304 g/mol. The molecule has 0 atom stereocenters. The third-order valence-electron chi connectivity index (χ3n) is 3.68. The average Bonchev–Trinajstić information content (AvgIpc) is 2.64. The van der Waals surface area contributed by atoms with E-state index in [2.05, 4.69) is 4.98 Å². The zero-order chi connectivity index (χ0) is 17.4. The van der Waals surface area contributed by atoms with Gasteiger partial charge < -0.3 is 14.4 Å². The number of para-hydroxylation sites is 1. The average molecular weight is 326 g/mol. The molecule has 0 N–H and O–H groups in total. The summed E-state index contributed by atoms with van der Waals surface area (Å²) in [6, 6.07) is 9.49. The molecule has 5 nitrogen and oxygen atoms in total. The zero-order valence-corrected chi connectivity index (χ0v) is 14.2. The van der Waals surface area contributed by atoms with E-state index in [0.29, 0.717) is 24.5 Å². The number of methoxy groups -OCH3 is 2. The minimum Gasteiger partial charge on any atom is -0.493 e. The number of rotatable bonds is 7. The highest BCUT2D eigenvalue weighted by molar-refractivity contribution is 5.91. The van der Waals surface area contributed by atoms with Gasteiger partial charge >= 0.3 is 0 Å². The van der Waals surface area contributed by atoms with Gasteiger partial charge in [0.1, 0.15) is 0 Å². The molecule has 126 valence electrons. The van der Waals surface area contributed by atoms with Gasteiger partial charge in [0, 0.05) is 32.1 Å². The van der Waals surface area contributed by atoms with Crippen LogP contribution in [0.1, 0.15) is 11.1 Å². The first kappa shape index (κ1) is 17.5. The van der Waals surface area contributed by atoms with Crippen molar-refractivity contribution in [1.82, 2.24) is 9.88 Å². The van der Waals surface area contributed by atoms with Crippen LogP contribution in [0.3, 0.4) is 0 Å². The minimum atomic E-state index is -0.0549. The Kier molecular flexibility index (Phi) is 6.37. The van der Waals surface area contributed by atoms with Gasteiger partial charge in [0.2, 0.25) is 5.91 Å². The van der Waals surface area contributed by atoms with E-state index in [4.69, 9.17) is 9.47 Å². The van der Waals surface area contributed by atoms with Crippen LogP contribution < -0.4 is 9.47 Å². The van der Waals surface area contributed by atoms with Gasteiger partial charge in [-0.25, -0.2) is 0 Å². The normalized spacial score (nSPS) is 10.6. The highest BCUT2D eigenvalue weighted by Gasteiger charge is 2.11. The summed E-state index contributed by atoms with van der Waals surface area (Å²) < 4.78 is 10.7. The number of ether oxygens (including phenoxy) is 2. The number of hydrogen-bond donors (Lipinski definition) is 0. The molecule has 0 saturated heterocycles. The number of likely N-dealkylation sites (N-methyl/N-ethyl adjacent to an activating group) is 1. The quantitative estimate of drug-likeness (QED) is 0.734. The monoisotopic (exact) mass is 326 g/mol. The summed E-state index contributed by atoms with van der Waals surface area (Å²) >= 11 is 0. The number of carbonyl (C=O) groups is 1. The molecule has 0 fully saturated rings. The molecule has 0 bridgehead atoms. The predicted molar refractivity (Wildman–Crippen MR) is 94.2 cm³/mol. The molecule has 0 aliphatic rings. The van der Waals surface area contributed by atoms with E-state index in [1.54, 1.807) is 50.7 Å². The van der Waals surface area contributed by atoms with Crippen molar-refractivity contribution in [3.05, 3.63) is 59.9 Å². The molecule has 1 aromatic carbocycles. The van der Waals surface area contributed by atoms with E-state index in [0.717, 1.165) is 11.1 Å². The van der Waals surface area contributed by atoms with Crippen LogP contribution in [0.4, 0.5) is 0 Å². The molecule has 0 radical (unpaired) electrons. The smallest absolute Gasteiger partial charge is 0.246 e. The second-order valence-electron chi connectivity index (χ2n) is 5.28. The van der Waals surface area contributed by atoms with E-state index in [1.165, 1.54) is 0 Å². The summed E-state index contributed by atoms with van der Waals surface area (Å²) in [7, 11) is 5.01. The molecule has 0 saturated carbocycles. The van der Waals surface area contributed by atoms with Crippen molar-refractivity contribution >= 4 is 12.0 Å². The molecule has 0 aliphatic carbocycles. The Morgan fingerprint density at radius 1 is 1.21 bits per heavy atom. The Hall–Kier alpha value is -2.82. The first-order valence-corrected chi connectivity index (χ1v) is 7.68. The van der Waals surface area contributed by atoms with Crippen LogP contribution in [0.5, 0.6) is 11.5 Å². The lowest BCUT2D eigenvalue weighted by Gasteiger charge is -2.17. The SMILES string of the molecule is COc1cccc(CCN(C)C(=O)C=Cc2cccnc2)c1OC. The molecule has 1 aromatic heterocycles. The van der Waals surface area contributed by atoms with Gasteiger partial charge in [0.25, 0.3) is 0 Å². The molecule has 2 rings (SSSR count). The number of carbonyl (C=O) groups excluding carboxylic acids is 1. The zero-order valence-electron chi connectivity index (χ0n) is 14.2. The largest absolute Gasteiger partial charge is 0.493 e. The number of hydrogen-bond acceptors (Lipinski definition) is 4. The van der Waals surface area contributed by atoms with Crippen LogP contribution in [0, 0.1) is 0 Å². The summed E-state index contributed by atoms with van der Waals surface area (Å²) in [5, 5.41) is 0. The third-order valence-corrected chi connectivity index (χ3v) is 3.68. The second-order valence-corrected chi connectivity index (χ2v) is 5.28. The molecule has 1 amide bonds. The topological polar surface area (TPSA) is 51.7 Å². The third kappa shape index (κ3) is 4.59. The van der Waals surface area contributed by atoms with Crippen LogP contribution in [0.25, 0.3) is 6.08 Å². The van der Waals surface area contributed by atoms with Crippen molar-refractivity contribution in [3.8, 4) is 11.5 Å². The van der Waals surface area contributed by atoms with Crippen molar-refractivity contribution in [1.29, 1.82) is 0 Å². The second kappa shape index (κ2) is 8.72. The molecule has 24 heavy (non-hydrogen) atoms. The standard InChI is InChI=1S/C19H22N2O3/c1-21(18(22)10-9-15-6-5-12-20-14-15)13-11-16-7-4-8-17(23-2)19(16)24-3/h4-10,12,14H,11,13H2,1-3H3. The molecule has 0 spiro atoms. The van der Waals surface area contributed by atoms with E-state index in [1.807, 2.05) is 30.3 Å². The Morgan fingerprint density at radius 2 is 2.04 bits per heavy atom. The summed E-state index contributed by atoms with van der Waals surface area (Å²) in [6.07, 6.45) is 7.42. The fourth-order valence-electron chi connectivity index (χ4n) is 2.32. The number of pyridine rings is 1. The minimum absolute atomic E-state index is 0.0549. The van der Waals surface area contributed by atoms with Crippen LogP contribution in [-0.4, -0.2) is 43.6 Å². The van der Waals surface area contributed by atoms with Gasteiger partial charge in [0.05, 0.1) is 14.2 Å². The van der Waals surface area contributed by atoms with Crippen molar-refractivity contribution in [3.63, 3.8) is 0 Å². The molecular formula is C19H22N2O3. The fourth-order valence-corrected chi connectivity index (χ4v) is 2.32. The lowest BCUT2D eigenvalue weighted by Crippen LogP contribution is -2.27. The number of aromatic nitrogens is 1. The summed E-state index contributed by atoms with van der Waals surface area (Å²) in [5.74, 6) is 1.35. The molecule has 0 unspecified atom stereocenters. The predicted octanol–water partition coefficient (Wildman–Crippen LogP) is 2.81. The van der Waals surface area contributed by atoms with Gasteiger partial charge in [-0.3, -0.25) is 9.78 Å². The van der Waals surface area contributed by atoms with Gasteiger partial charge in [0.15, 0.2) is 11.5 Å². The van der Waals surface area contributed by atoms with Crippen LogP contribution in [-0.2, 0) is 11.2 Å². The first-order valence-electron chi connectivity index (χ1n) is 7.68. The van der Waals surface area contributed by atoms with E-state index < -0.39 is 0 Å². The van der Waals surface area contributed by atoms with Gasteiger partial charge in [-0.1, -0.05) is 18.2 Å². The Balaban J connectivity index is 1.97.